The summed E-state index contributed by atoms with van der Waals surface area (Å²) in [6.45, 7) is 6.01. The van der Waals surface area contributed by atoms with Crippen LogP contribution in [0.1, 0.15) is 31.6 Å². The minimum absolute atomic E-state index is 0.257. The maximum atomic E-state index is 5.92. The van der Waals surface area contributed by atoms with Gasteiger partial charge in [-0.1, -0.05) is 0 Å². The lowest BCUT2D eigenvalue weighted by Gasteiger charge is -2.28. The van der Waals surface area contributed by atoms with E-state index in [2.05, 4.69) is 41.6 Å². The summed E-state index contributed by atoms with van der Waals surface area (Å²) in [4.78, 5) is 6.56. The van der Waals surface area contributed by atoms with Crippen molar-refractivity contribution < 1.29 is 0 Å². The summed E-state index contributed by atoms with van der Waals surface area (Å²) >= 11 is 1.86. The summed E-state index contributed by atoms with van der Waals surface area (Å²) < 4.78 is 2.20. The van der Waals surface area contributed by atoms with Crippen LogP contribution in [-0.2, 0) is 0 Å². The molecule has 0 aliphatic carbocycles. The molecule has 1 heterocycles. The van der Waals surface area contributed by atoms with Crippen LogP contribution in [0.25, 0.3) is 0 Å². The molecule has 0 aromatic carbocycles. The van der Waals surface area contributed by atoms with Gasteiger partial charge in [0.15, 0.2) is 0 Å². The van der Waals surface area contributed by atoms with Crippen LogP contribution in [0, 0.1) is 0 Å². The van der Waals surface area contributed by atoms with Gasteiger partial charge in [0.1, 0.15) is 0 Å². The standard InChI is InChI=1S/C12H24N4S/c1-10(2)16-9-14-8-12(16)11(7-13)15(3)5-6-17-4/h8-11H,5-7,13H2,1-4H3. The molecular weight excluding hydrogens is 232 g/mol. The molecule has 0 radical (unpaired) electrons. The molecule has 2 N–H and O–H groups in total. The first-order valence-electron chi connectivity index (χ1n) is 6.02. The molecule has 0 fully saturated rings. The highest BCUT2D eigenvalue weighted by atomic mass is 32.2. The Morgan fingerprint density at radius 1 is 1.53 bits per heavy atom. The van der Waals surface area contributed by atoms with Crippen LogP contribution in [-0.4, -0.2) is 46.6 Å². The number of imidazole rings is 1. The average Bonchev–Trinajstić information content (AvgIpc) is 2.76. The minimum atomic E-state index is 0.257. The molecule has 98 valence electrons. The Hall–Kier alpha value is -0.520. The summed E-state index contributed by atoms with van der Waals surface area (Å²) in [7, 11) is 2.13. The second-order valence-corrected chi connectivity index (χ2v) is 5.53. The van der Waals surface area contributed by atoms with Gasteiger partial charge in [-0.2, -0.15) is 11.8 Å². The Balaban J connectivity index is 2.81. The molecule has 1 atom stereocenters. The van der Waals surface area contributed by atoms with Crippen molar-refractivity contribution in [2.45, 2.75) is 25.9 Å². The average molecular weight is 256 g/mol. The zero-order valence-corrected chi connectivity index (χ0v) is 12.1. The smallest absolute Gasteiger partial charge is 0.0951 e. The molecule has 0 amide bonds. The van der Waals surface area contributed by atoms with E-state index in [4.69, 9.17) is 5.73 Å². The van der Waals surface area contributed by atoms with Crippen molar-refractivity contribution in [2.24, 2.45) is 5.73 Å². The number of nitrogens with two attached hydrogens (primary N) is 1. The maximum absolute atomic E-state index is 5.92. The molecule has 0 bridgehead atoms. The fourth-order valence-electron chi connectivity index (χ4n) is 1.92. The van der Waals surface area contributed by atoms with Gasteiger partial charge in [0, 0.05) is 31.1 Å². The molecule has 1 rings (SSSR count). The lowest BCUT2D eigenvalue weighted by Crippen LogP contribution is -2.33. The van der Waals surface area contributed by atoms with Crippen LogP contribution in [0.5, 0.6) is 0 Å². The molecule has 0 aliphatic rings. The van der Waals surface area contributed by atoms with Gasteiger partial charge in [-0.15, -0.1) is 0 Å². The van der Waals surface area contributed by atoms with Crippen LogP contribution < -0.4 is 5.73 Å². The van der Waals surface area contributed by atoms with E-state index in [1.54, 1.807) is 0 Å². The first kappa shape index (κ1) is 14.5. The second kappa shape index (κ2) is 7.03. The minimum Gasteiger partial charge on any atom is -0.331 e. The highest BCUT2D eigenvalue weighted by molar-refractivity contribution is 7.98. The monoisotopic (exact) mass is 256 g/mol. The lowest BCUT2D eigenvalue weighted by molar-refractivity contribution is 0.252. The third kappa shape index (κ3) is 3.72. The fraction of sp³-hybridized carbons (Fsp3) is 0.750. The molecule has 17 heavy (non-hydrogen) atoms. The molecule has 0 spiro atoms. The number of rotatable bonds is 7. The van der Waals surface area contributed by atoms with Gasteiger partial charge in [0.2, 0.25) is 0 Å². The molecule has 1 aromatic rings. The van der Waals surface area contributed by atoms with Crippen molar-refractivity contribution in [3.05, 3.63) is 18.2 Å². The Morgan fingerprint density at radius 3 is 2.76 bits per heavy atom. The Kier molecular flexibility index (Phi) is 6.02. The third-order valence-corrected chi connectivity index (χ3v) is 3.59. The lowest BCUT2D eigenvalue weighted by atomic mass is 10.2. The zero-order valence-electron chi connectivity index (χ0n) is 11.3. The van der Waals surface area contributed by atoms with Crippen molar-refractivity contribution >= 4 is 11.8 Å². The van der Waals surface area contributed by atoms with Crippen molar-refractivity contribution in [2.75, 3.05) is 32.1 Å². The maximum Gasteiger partial charge on any atom is 0.0951 e. The highest BCUT2D eigenvalue weighted by Gasteiger charge is 2.19. The molecular formula is C12H24N4S. The highest BCUT2D eigenvalue weighted by Crippen LogP contribution is 2.21. The molecule has 4 nitrogen and oxygen atoms in total. The SMILES string of the molecule is CSCCN(C)C(CN)c1cncn1C(C)C. The number of thioether (sulfide) groups is 1. The Bertz CT molecular complexity index is 324. The number of nitrogens with zero attached hydrogens (tertiary/aromatic N) is 3. The van der Waals surface area contributed by atoms with E-state index in [0.29, 0.717) is 12.6 Å². The van der Waals surface area contributed by atoms with Crippen molar-refractivity contribution in [1.82, 2.24) is 14.5 Å². The summed E-state index contributed by atoms with van der Waals surface area (Å²) in [5.74, 6) is 1.13. The number of aromatic nitrogens is 2. The van der Waals surface area contributed by atoms with Gasteiger partial charge in [0.25, 0.3) is 0 Å². The van der Waals surface area contributed by atoms with Crippen LogP contribution in [0.3, 0.4) is 0 Å². The van der Waals surface area contributed by atoms with Gasteiger partial charge >= 0.3 is 0 Å². The van der Waals surface area contributed by atoms with Crippen molar-refractivity contribution in [1.29, 1.82) is 0 Å². The molecule has 0 aliphatic heterocycles. The fourth-order valence-corrected chi connectivity index (χ4v) is 2.39. The van der Waals surface area contributed by atoms with E-state index in [9.17, 15) is 0 Å². The normalized spacial score (nSPS) is 13.6. The van der Waals surface area contributed by atoms with E-state index in [-0.39, 0.29) is 6.04 Å². The zero-order chi connectivity index (χ0) is 12.8. The van der Waals surface area contributed by atoms with Gasteiger partial charge in [-0.3, -0.25) is 4.90 Å². The summed E-state index contributed by atoms with van der Waals surface area (Å²) in [5.41, 5.74) is 7.13. The second-order valence-electron chi connectivity index (χ2n) is 4.54. The molecule has 0 saturated carbocycles. The predicted octanol–water partition coefficient (Wildman–Crippen LogP) is 1.76. The van der Waals surface area contributed by atoms with Crippen LogP contribution in [0.4, 0.5) is 0 Å². The largest absolute Gasteiger partial charge is 0.331 e. The summed E-state index contributed by atoms with van der Waals surface area (Å²) in [6, 6.07) is 0.683. The first-order chi connectivity index (χ1) is 8.11. The molecule has 0 saturated heterocycles. The van der Waals surface area contributed by atoms with Gasteiger partial charge in [-0.05, 0) is 27.2 Å². The van der Waals surface area contributed by atoms with Crippen molar-refractivity contribution in [3.63, 3.8) is 0 Å². The summed E-state index contributed by atoms with van der Waals surface area (Å²) in [6.07, 6.45) is 5.96. The van der Waals surface area contributed by atoms with E-state index in [1.807, 2.05) is 24.3 Å². The van der Waals surface area contributed by atoms with E-state index < -0.39 is 0 Å². The molecule has 1 aromatic heterocycles. The molecule has 1 unspecified atom stereocenters. The van der Waals surface area contributed by atoms with Crippen LogP contribution >= 0.6 is 11.8 Å². The summed E-state index contributed by atoms with van der Waals surface area (Å²) in [5, 5.41) is 0. The van der Waals surface area contributed by atoms with E-state index >= 15 is 0 Å². The first-order valence-corrected chi connectivity index (χ1v) is 7.42. The number of hydrogen-bond donors (Lipinski definition) is 1. The number of hydrogen-bond acceptors (Lipinski definition) is 4. The van der Waals surface area contributed by atoms with Crippen molar-refractivity contribution in [3.8, 4) is 0 Å². The van der Waals surface area contributed by atoms with Crippen LogP contribution in [0.15, 0.2) is 12.5 Å². The van der Waals surface area contributed by atoms with Gasteiger partial charge in [0.05, 0.1) is 18.1 Å². The molecule has 5 heteroatoms. The van der Waals surface area contributed by atoms with Gasteiger partial charge < -0.3 is 10.3 Å². The van der Waals surface area contributed by atoms with E-state index in [1.165, 1.54) is 5.69 Å². The number of likely N-dealkylation sites (N-methyl/N-ethyl adjacent to an activating group) is 1. The Morgan fingerprint density at radius 2 is 2.24 bits per heavy atom. The third-order valence-electron chi connectivity index (χ3n) is 3.00. The quantitative estimate of drug-likeness (QED) is 0.807. The van der Waals surface area contributed by atoms with Crippen LogP contribution in [0.2, 0.25) is 0 Å². The van der Waals surface area contributed by atoms with E-state index in [0.717, 1.165) is 12.3 Å². The predicted molar refractivity (Wildman–Crippen MR) is 75.4 cm³/mol. The topological polar surface area (TPSA) is 47.1 Å². The van der Waals surface area contributed by atoms with Gasteiger partial charge in [-0.25, -0.2) is 4.98 Å². The Labute approximate surface area is 109 Å².